The first-order valence-corrected chi connectivity index (χ1v) is 3.46. The quantitative estimate of drug-likeness (QED) is 0.430. The summed E-state index contributed by atoms with van der Waals surface area (Å²) in [4.78, 5) is 13.5. The molecule has 0 fully saturated rings. The number of aromatic nitrogens is 2. The fourth-order valence-corrected chi connectivity index (χ4v) is 0.960. The van der Waals surface area contributed by atoms with Crippen molar-refractivity contribution >= 4 is 18.6 Å². The van der Waals surface area contributed by atoms with Gasteiger partial charge in [-0.3, -0.25) is 0 Å². The fourth-order valence-electron chi connectivity index (χ4n) is 0.726. The minimum absolute atomic E-state index is 0.162. The molecule has 0 atom stereocenters. The van der Waals surface area contributed by atoms with E-state index in [-0.39, 0.29) is 12.4 Å². The molecule has 0 saturated carbocycles. The Balaban J connectivity index is 2.96. The summed E-state index contributed by atoms with van der Waals surface area (Å²) in [7, 11) is 1.48. The Morgan fingerprint density at radius 1 is 1.92 bits per heavy atom. The van der Waals surface area contributed by atoms with Gasteiger partial charge >= 0.3 is 5.82 Å². The maximum atomic E-state index is 10.3. The number of methoxy groups -OCH3 is 1. The number of thiol groups is 1. The summed E-state index contributed by atoms with van der Waals surface area (Å²) in [6.07, 6.45) is 1.14. The molecule has 6 nitrogen and oxygen atoms in total. The lowest BCUT2D eigenvalue weighted by molar-refractivity contribution is -0.390. The second-order valence-electron chi connectivity index (χ2n) is 2.03. The van der Waals surface area contributed by atoms with Gasteiger partial charge in [-0.05, 0) is 4.92 Å². The molecule has 1 aromatic rings. The fraction of sp³-hybridized carbons (Fsp3) is 0.400. The van der Waals surface area contributed by atoms with Crippen LogP contribution in [0.2, 0.25) is 0 Å². The summed E-state index contributed by atoms with van der Waals surface area (Å²) < 4.78 is 5.83. The van der Waals surface area contributed by atoms with Gasteiger partial charge in [-0.15, -0.1) is 3.97 Å². The highest BCUT2D eigenvalue weighted by atomic mass is 32.1. The minimum Gasteiger partial charge on any atom is -0.374 e. The molecular weight excluding hydrogens is 182 g/mol. The van der Waals surface area contributed by atoms with Crippen molar-refractivity contribution in [2.75, 3.05) is 7.11 Å². The second kappa shape index (κ2) is 3.55. The van der Waals surface area contributed by atoms with Gasteiger partial charge in [-0.2, -0.15) is 0 Å². The van der Waals surface area contributed by atoms with Gasteiger partial charge in [-0.1, -0.05) is 0 Å². The van der Waals surface area contributed by atoms with Crippen LogP contribution in [0.4, 0.5) is 5.82 Å². The van der Waals surface area contributed by atoms with Gasteiger partial charge in [0, 0.05) is 19.9 Å². The Bertz CT molecular complexity index is 298. The molecule has 0 saturated heterocycles. The molecule has 1 rings (SSSR count). The predicted molar refractivity (Wildman–Crippen MR) is 44.0 cm³/mol. The molecule has 12 heavy (non-hydrogen) atoms. The number of hydrogen-bond acceptors (Lipinski definition) is 5. The molecule has 0 aromatic carbocycles. The third kappa shape index (κ3) is 1.56. The standard InChI is InChI=1S/C5H7N3O3S/c1-11-3-4-6-2-5(7(4)12)8(9)10/h2,12H,3H2,1H3. The van der Waals surface area contributed by atoms with E-state index in [0.29, 0.717) is 5.82 Å². The molecule has 0 radical (unpaired) electrons. The zero-order valence-corrected chi connectivity index (χ0v) is 7.19. The van der Waals surface area contributed by atoms with E-state index >= 15 is 0 Å². The third-order valence-corrected chi connectivity index (χ3v) is 1.69. The minimum atomic E-state index is -0.556. The van der Waals surface area contributed by atoms with E-state index in [1.807, 2.05) is 0 Å². The van der Waals surface area contributed by atoms with Gasteiger partial charge in [-0.25, -0.2) is 4.98 Å². The largest absolute Gasteiger partial charge is 0.374 e. The molecule has 0 amide bonds. The first-order chi connectivity index (χ1) is 5.66. The Labute approximate surface area is 73.9 Å². The first kappa shape index (κ1) is 9.01. The van der Waals surface area contributed by atoms with E-state index in [1.54, 1.807) is 0 Å². The molecule has 1 heterocycles. The van der Waals surface area contributed by atoms with Gasteiger partial charge in [0.2, 0.25) is 5.82 Å². The zero-order chi connectivity index (χ0) is 9.14. The molecule has 0 unspecified atom stereocenters. The lowest BCUT2D eigenvalue weighted by Gasteiger charge is -1.94. The zero-order valence-electron chi connectivity index (χ0n) is 6.30. The number of hydrogen-bond donors (Lipinski definition) is 1. The summed E-state index contributed by atoms with van der Waals surface area (Å²) >= 11 is 3.87. The van der Waals surface area contributed by atoms with Crippen molar-refractivity contribution in [3.05, 3.63) is 22.1 Å². The maximum Gasteiger partial charge on any atom is 0.354 e. The van der Waals surface area contributed by atoms with Crippen molar-refractivity contribution in [3.63, 3.8) is 0 Å². The highest BCUT2D eigenvalue weighted by Crippen LogP contribution is 2.15. The first-order valence-electron chi connectivity index (χ1n) is 3.06. The number of rotatable bonds is 3. The van der Waals surface area contributed by atoms with E-state index in [2.05, 4.69) is 17.8 Å². The van der Waals surface area contributed by atoms with Crippen molar-refractivity contribution in [1.29, 1.82) is 0 Å². The Hall–Kier alpha value is -1.08. The smallest absolute Gasteiger partial charge is 0.354 e. The van der Waals surface area contributed by atoms with Crippen molar-refractivity contribution in [2.45, 2.75) is 6.61 Å². The Morgan fingerprint density at radius 2 is 2.58 bits per heavy atom. The molecule has 0 aliphatic rings. The molecule has 66 valence electrons. The van der Waals surface area contributed by atoms with Crippen LogP contribution in [0.25, 0.3) is 0 Å². The van der Waals surface area contributed by atoms with Gasteiger partial charge in [0.1, 0.15) is 12.8 Å². The SMILES string of the molecule is COCc1ncc([N+](=O)[O-])n1S. The van der Waals surface area contributed by atoms with Crippen LogP contribution in [0.3, 0.4) is 0 Å². The average Bonchev–Trinajstić information content (AvgIpc) is 2.34. The van der Waals surface area contributed by atoms with Crippen LogP contribution in [0.1, 0.15) is 5.82 Å². The number of nitrogens with zero attached hydrogens (tertiary/aromatic N) is 3. The molecule has 1 aromatic heterocycles. The van der Waals surface area contributed by atoms with Crippen LogP contribution in [-0.4, -0.2) is 21.0 Å². The van der Waals surface area contributed by atoms with Crippen LogP contribution in [0.15, 0.2) is 6.20 Å². The Kier molecular flexibility index (Phi) is 2.66. The molecule has 0 bridgehead atoms. The van der Waals surface area contributed by atoms with E-state index < -0.39 is 4.92 Å². The summed E-state index contributed by atoms with van der Waals surface area (Å²) in [6, 6.07) is 0. The lowest BCUT2D eigenvalue weighted by Crippen LogP contribution is -1.98. The summed E-state index contributed by atoms with van der Waals surface area (Å²) in [5.74, 6) is 0.248. The molecule has 0 spiro atoms. The van der Waals surface area contributed by atoms with Gasteiger partial charge in [0.15, 0.2) is 0 Å². The van der Waals surface area contributed by atoms with Gasteiger partial charge in [0.05, 0.1) is 0 Å². The van der Waals surface area contributed by atoms with Crippen molar-refractivity contribution < 1.29 is 9.66 Å². The van der Waals surface area contributed by atoms with Gasteiger partial charge < -0.3 is 14.9 Å². The van der Waals surface area contributed by atoms with Crippen LogP contribution in [-0.2, 0) is 11.3 Å². The normalized spacial score (nSPS) is 10.2. The average molecular weight is 189 g/mol. The van der Waals surface area contributed by atoms with Crippen LogP contribution in [0, 0.1) is 10.1 Å². The van der Waals surface area contributed by atoms with Crippen LogP contribution >= 0.6 is 12.8 Å². The highest BCUT2D eigenvalue weighted by molar-refractivity contribution is 7.78. The maximum absolute atomic E-state index is 10.3. The van der Waals surface area contributed by atoms with E-state index in [0.717, 1.165) is 10.2 Å². The summed E-state index contributed by atoms with van der Waals surface area (Å²) in [6.45, 7) is 0.206. The molecule has 0 N–H and O–H groups in total. The predicted octanol–water partition coefficient (Wildman–Crippen LogP) is 0.631. The summed E-state index contributed by atoms with van der Waals surface area (Å²) in [5.41, 5.74) is 0. The van der Waals surface area contributed by atoms with Crippen molar-refractivity contribution in [2.24, 2.45) is 0 Å². The third-order valence-electron chi connectivity index (χ3n) is 1.25. The van der Waals surface area contributed by atoms with Crippen molar-refractivity contribution in [1.82, 2.24) is 8.96 Å². The molecular formula is C5H7N3O3S. The van der Waals surface area contributed by atoms with E-state index in [9.17, 15) is 10.1 Å². The van der Waals surface area contributed by atoms with Crippen LogP contribution in [0.5, 0.6) is 0 Å². The van der Waals surface area contributed by atoms with Crippen LogP contribution < -0.4 is 0 Å². The van der Waals surface area contributed by atoms with E-state index in [4.69, 9.17) is 4.74 Å². The number of ether oxygens (including phenoxy) is 1. The Morgan fingerprint density at radius 3 is 3.00 bits per heavy atom. The number of nitro groups is 1. The van der Waals surface area contributed by atoms with Gasteiger partial charge in [0.25, 0.3) is 0 Å². The summed E-state index contributed by atoms with van der Waals surface area (Å²) in [5, 5.41) is 10.3. The molecule has 0 aliphatic carbocycles. The monoisotopic (exact) mass is 189 g/mol. The molecule has 7 heteroatoms. The molecule has 0 aliphatic heterocycles. The topological polar surface area (TPSA) is 70.2 Å². The van der Waals surface area contributed by atoms with E-state index in [1.165, 1.54) is 7.11 Å². The lowest BCUT2D eigenvalue weighted by atomic mass is 10.7. The van der Waals surface area contributed by atoms with Crippen molar-refractivity contribution in [3.8, 4) is 0 Å². The highest BCUT2D eigenvalue weighted by Gasteiger charge is 2.16. The number of imidazole rings is 1. The second-order valence-corrected chi connectivity index (χ2v) is 2.43.